The van der Waals surface area contributed by atoms with E-state index in [0.717, 1.165) is 14.3 Å². The molecule has 0 aliphatic carbocycles. The van der Waals surface area contributed by atoms with Crippen LogP contribution in [0, 0.1) is 0 Å². The lowest BCUT2D eigenvalue weighted by atomic mass is 10.1. The molecule has 1 unspecified atom stereocenters. The summed E-state index contributed by atoms with van der Waals surface area (Å²) >= 11 is 3.33. The largest absolute Gasteiger partial charge is 0.497 e. The summed E-state index contributed by atoms with van der Waals surface area (Å²) in [6.07, 6.45) is 0.331. The molecule has 0 fully saturated rings. The fourth-order valence-electron chi connectivity index (χ4n) is 4.19. The topological polar surface area (TPSA) is 105 Å². The number of amides is 2. The minimum Gasteiger partial charge on any atom is -0.497 e. The molecular formula is C29H34BrN3O6S. The minimum absolute atomic E-state index is 0.0232. The van der Waals surface area contributed by atoms with Crippen LogP contribution in [0.2, 0.25) is 0 Å². The highest BCUT2D eigenvalue weighted by Crippen LogP contribution is 2.28. The summed E-state index contributed by atoms with van der Waals surface area (Å²) in [4.78, 5) is 28.2. The maximum Gasteiger partial charge on any atom is 0.264 e. The van der Waals surface area contributed by atoms with E-state index in [9.17, 15) is 18.0 Å². The van der Waals surface area contributed by atoms with Crippen LogP contribution in [0.1, 0.15) is 25.8 Å². The lowest BCUT2D eigenvalue weighted by molar-refractivity contribution is -0.140. The van der Waals surface area contributed by atoms with Gasteiger partial charge in [0.25, 0.3) is 10.0 Å². The third-order valence-electron chi connectivity index (χ3n) is 6.24. The Kier molecular flexibility index (Phi) is 11.0. The number of carbonyl (C=O) groups is 2. The number of anilines is 1. The molecule has 0 aliphatic heterocycles. The summed E-state index contributed by atoms with van der Waals surface area (Å²) in [6, 6.07) is 19.0. The number of halogens is 1. The first-order valence-electron chi connectivity index (χ1n) is 12.8. The number of likely N-dealkylation sites (N-methyl/N-ethyl adjacent to an activating group) is 1. The van der Waals surface area contributed by atoms with Gasteiger partial charge in [0.1, 0.15) is 24.1 Å². The Balaban J connectivity index is 2.06. The number of ether oxygens (including phenoxy) is 2. The molecule has 9 nitrogen and oxygen atoms in total. The highest BCUT2D eigenvalue weighted by molar-refractivity contribution is 9.10. The monoisotopic (exact) mass is 631 g/mol. The third-order valence-corrected chi connectivity index (χ3v) is 8.55. The SMILES string of the molecule is CCOc1ccc(N(CC(=O)N(Cc2cccc(OC)c2)C(CC)C(=O)NC)S(=O)(=O)c2ccc(Br)cc2)cc1. The Bertz CT molecular complexity index is 1400. The minimum atomic E-state index is -4.16. The molecule has 0 heterocycles. The van der Waals surface area contributed by atoms with Gasteiger partial charge in [-0.05, 0) is 79.6 Å². The Labute approximate surface area is 244 Å². The molecule has 0 saturated heterocycles. The lowest BCUT2D eigenvalue weighted by Gasteiger charge is -2.33. The van der Waals surface area contributed by atoms with Crippen molar-refractivity contribution in [3.63, 3.8) is 0 Å². The van der Waals surface area contributed by atoms with Gasteiger partial charge in [0.15, 0.2) is 0 Å². The first-order valence-corrected chi connectivity index (χ1v) is 15.0. The van der Waals surface area contributed by atoms with E-state index in [0.29, 0.717) is 24.5 Å². The summed E-state index contributed by atoms with van der Waals surface area (Å²) in [6.45, 7) is 3.66. The molecule has 2 amide bonds. The molecule has 1 atom stereocenters. The van der Waals surface area contributed by atoms with Gasteiger partial charge in [-0.1, -0.05) is 35.0 Å². The number of rotatable bonds is 13. The van der Waals surface area contributed by atoms with Crippen LogP contribution in [-0.4, -0.2) is 58.5 Å². The summed E-state index contributed by atoms with van der Waals surface area (Å²) < 4.78 is 40.4. The molecular weight excluding hydrogens is 598 g/mol. The molecule has 0 spiro atoms. The Morgan fingerprint density at radius 2 is 1.65 bits per heavy atom. The second-order valence-corrected chi connectivity index (χ2v) is 11.6. The molecule has 3 aromatic rings. The molecule has 1 N–H and O–H groups in total. The Morgan fingerprint density at radius 3 is 2.23 bits per heavy atom. The molecule has 214 valence electrons. The van der Waals surface area contributed by atoms with Crippen LogP contribution in [0.15, 0.2) is 82.2 Å². The van der Waals surface area contributed by atoms with Crippen LogP contribution >= 0.6 is 15.9 Å². The number of benzene rings is 3. The van der Waals surface area contributed by atoms with Crippen molar-refractivity contribution in [1.82, 2.24) is 10.2 Å². The van der Waals surface area contributed by atoms with Crippen LogP contribution < -0.4 is 19.1 Å². The molecule has 3 rings (SSSR count). The average molecular weight is 633 g/mol. The molecule has 40 heavy (non-hydrogen) atoms. The van der Waals surface area contributed by atoms with E-state index in [-0.39, 0.29) is 23.0 Å². The van der Waals surface area contributed by atoms with Crippen LogP contribution in [0.25, 0.3) is 0 Å². The van der Waals surface area contributed by atoms with E-state index < -0.39 is 28.5 Å². The van der Waals surface area contributed by atoms with Crippen molar-refractivity contribution in [2.45, 2.75) is 37.8 Å². The molecule has 0 bridgehead atoms. The summed E-state index contributed by atoms with van der Waals surface area (Å²) in [5.41, 5.74) is 1.02. The fraction of sp³-hybridized carbons (Fsp3) is 0.310. The quantitative estimate of drug-likeness (QED) is 0.295. The zero-order valence-electron chi connectivity index (χ0n) is 23.0. The summed E-state index contributed by atoms with van der Waals surface area (Å²) in [5, 5.41) is 2.62. The summed E-state index contributed by atoms with van der Waals surface area (Å²) in [5.74, 6) is 0.297. The second kappa shape index (κ2) is 14.2. The van der Waals surface area contributed by atoms with E-state index in [1.807, 2.05) is 13.0 Å². The van der Waals surface area contributed by atoms with Crippen molar-refractivity contribution < 1.29 is 27.5 Å². The van der Waals surface area contributed by atoms with Crippen LogP contribution in [0.3, 0.4) is 0 Å². The van der Waals surface area contributed by atoms with Gasteiger partial charge in [0, 0.05) is 18.1 Å². The van der Waals surface area contributed by atoms with Crippen molar-refractivity contribution >= 4 is 43.5 Å². The Hall–Kier alpha value is -3.57. The first-order chi connectivity index (χ1) is 19.1. The van der Waals surface area contributed by atoms with E-state index in [1.54, 1.807) is 68.6 Å². The van der Waals surface area contributed by atoms with E-state index in [2.05, 4.69) is 21.2 Å². The van der Waals surface area contributed by atoms with Gasteiger partial charge in [-0.25, -0.2) is 8.42 Å². The highest BCUT2D eigenvalue weighted by atomic mass is 79.9. The van der Waals surface area contributed by atoms with E-state index in [4.69, 9.17) is 9.47 Å². The van der Waals surface area contributed by atoms with Gasteiger partial charge in [-0.2, -0.15) is 0 Å². The van der Waals surface area contributed by atoms with Crippen molar-refractivity contribution in [1.29, 1.82) is 0 Å². The van der Waals surface area contributed by atoms with Crippen molar-refractivity contribution in [3.8, 4) is 11.5 Å². The Morgan fingerprint density at radius 1 is 0.975 bits per heavy atom. The zero-order chi connectivity index (χ0) is 29.3. The number of carbonyl (C=O) groups excluding carboxylic acids is 2. The molecule has 0 saturated carbocycles. The van der Waals surface area contributed by atoms with Gasteiger partial charge in [0.2, 0.25) is 11.8 Å². The molecule has 0 aliphatic rings. The number of sulfonamides is 1. The lowest BCUT2D eigenvalue weighted by Crippen LogP contribution is -2.51. The molecule has 3 aromatic carbocycles. The zero-order valence-corrected chi connectivity index (χ0v) is 25.4. The third kappa shape index (κ3) is 7.54. The number of nitrogens with one attached hydrogen (secondary N) is 1. The molecule has 11 heteroatoms. The van der Waals surface area contributed by atoms with Crippen LogP contribution in [0.4, 0.5) is 5.69 Å². The maximum atomic E-state index is 14.0. The van der Waals surface area contributed by atoms with Gasteiger partial charge < -0.3 is 19.7 Å². The van der Waals surface area contributed by atoms with Crippen molar-refractivity contribution in [2.24, 2.45) is 0 Å². The van der Waals surface area contributed by atoms with E-state index >= 15 is 0 Å². The number of hydrogen-bond donors (Lipinski definition) is 1. The summed E-state index contributed by atoms with van der Waals surface area (Å²) in [7, 11) is -1.11. The first kappa shape index (κ1) is 31.0. The van der Waals surface area contributed by atoms with Gasteiger partial charge >= 0.3 is 0 Å². The highest BCUT2D eigenvalue weighted by Gasteiger charge is 2.33. The number of hydrogen-bond acceptors (Lipinski definition) is 6. The predicted molar refractivity (Wildman–Crippen MR) is 158 cm³/mol. The molecule has 0 aromatic heterocycles. The average Bonchev–Trinajstić information content (AvgIpc) is 2.96. The second-order valence-electron chi connectivity index (χ2n) is 8.80. The fourth-order valence-corrected chi connectivity index (χ4v) is 5.87. The normalized spacial score (nSPS) is 11.8. The van der Waals surface area contributed by atoms with Crippen molar-refractivity contribution in [3.05, 3.63) is 82.8 Å². The van der Waals surface area contributed by atoms with Gasteiger partial charge in [0.05, 0.1) is 24.3 Å². The molecule has 0 radical (unpaired) electrons. The number of methoxy groups -OCH3 is 1. The van der Waals surface area contributed by atoms with E-state index in [1.165, 1.54) is 24.1 Å². The standard InChI is InChI=1S/C29H34BrN3O6S/c1-5-27(29(35)31-3)32(19-21-8-7-9-25(18-21)38-4)28(34)20-33(23-12-14-24(15-13-23)39-6-2)40(36,37)26-16-10-22(30)11-17-26/h7-18,27H,5-6,19-20H2,1-4H3,(H,31,35). The van der Waals surface area contributed by atoms with Crippen LogP contribution in [0.5, 0.6) is 11.5 Å². The smallest absolute Gasteiger partial charge is 0.264 e. The number of nitrogens with zero attached hydrogens (tertiary/aromatic N) is 2. The van der Waals surface area contributed by atoms with Crippen LogP contribution in [-0.2, 0) is 26.2 Å². The van der Waals surface area contributed by atoms with Crippen molar-refractivity contribution in [2.75, 3.05) is 31.6 Å². The predicted octanol–water partition coefficient (Wildman–Crippen LogP) is 4.61. The maximum absolute atomic E-state index is 14.0. The van der Waals surface area contributed by atoms with Gasteiger partial charge in [-0.3, -0.25) is 13.9 Å². The van der Waals surface area contributed by atoms with Gasteiger partial charge in [-0.15, -0.1) is 0 Å².